The summed E-state index contributed by atoms with van der Waals surface area (Å²) in [6, 6.07) is 6.96. The van der Waals surface area contributed by atoms with Gasteiger partial charge in [0.25, 0.3) is 5.91 Å². The van der Waals surface area contributed by atoms with Crippen molar-refractivity contribution in [3.05, 3.63) is 29.8 Å². The Balaban J connectivity index is 1.79. The van der Waals surface area contributed by atoms with Gasteiger partial charge in [-0.25, -0.2) is 8.42 Å². The monoisotopic (exact) mass is 378 g/mol. The van der Waals surface area contributed by atoms with Crippen molar-refractivity contribution in [1.29, 1.82) is 0 Å². The Morgan fingerprint density at radius 1 is 1.08 bits per heavy atom. The zero-order valence-electron chi connectivity index (χ0n) is 16.2. The molecule has 0 bridgehead atoms. The first-order valence-corrected chi connectivity index (χ1v) is 11.1. The lowest BCUT2D eigenvalue weighted by Crippen LogP contribution is -2.42. The van der Waals surface area contributed by atoms with Crippen molar-refractivity contribution in [2.75, 3.05) is 13.1 Å². The molecule has 26 heavy (non-hydrogen) atoms. The van der Waals surface area contributed by atoms with Gasteiger partial charge in [0.1, 0.15) is 0 Å². The Kier molecular flexibility index (Phi) is 5.45. The summed E-state index contributed by atoms with van der Waals surface area (Å²) < 4.78 is 27.5. The highest BCUT2D eigenvalue weighted by molar-refractivity contribution is 7.89. The van der Waals surface area contributed by atoms with Crippen molar-refractivity contribution in [2.45, 2.75) is 63.9 Å². The minimum Gasteiger partial charge on any atom is -0.333 e. The smallest absolute Gasteiger partial charge is 0.254 e. The van der Waals surface area contributed by atoms with E-state index in [0.717, 1.165) is 19.3 Å². The Labute approximate surface area is 157 Å². The van der Waals surface area contributed by atoms with E-state index in [2.05, 4.69) is 13.8 Å². The number of carbonyl (C=O) groups excluding carboxylic acids is 1. The number of sulfonamides is 1. The van der Waals surface area contributed by atoms with E-state index in [1.807, 2.05) is 18.7 Å². The molecule has 3 rings (SSSR count). The molecule has 2 fully saturated rings. The maximum atomic E-state index is 13.0. The van der Waals surface area contributed by atoms with E-state index < -0.39 is 10.0 Å². The molecule has 2 atom stereocenters. The van der Waals surface area contributed by atoms with Crippen molar-refractivity contribution in [2.24, 2.45) is 11.8 Å². The number of hydrogen-bond donors (Lipinski definition) is 0. The highest BCUT2D eigenvalue weighted by atomic mass is 32.2. The number of piperidine rings is 1. The molecule has 0 radical (unpaired) electrons. The number of nitrogens with zero attached hydrogens (tertiary/aromatic N) is 2. The van der Waals surface area contributed by atoms with Crippen LogP contribution in [-0.2, 0) is 10.0 Å². The summed E-state index contributed by atoms with van der Waals surface area (Å²) >= 11 is 0. The fourth-order valence-electron chi connectivity index (χ4n) is 4.04. The summed E-state index contributed by atoms with van der Waals surface area (Å²) in [4.78, 5) is 15.0. The number of benzene rings is 1. The molecule has 6 heteroatoms. The van der Waals surface area contributed by atoms with E-state index in [4.69, 9.17) is 0 Å². The lowest BCUT2D eigenvalue weighted by atomic mass is 9.94. The second kappa shape index (κ2) is 7.31. The van der Waals surface area contributed by atoms with Crippen LogP contribution in [0.5, 0.6) is 0 Å². The molecule has 1 heterocycles. The highest BCUT2D eigenvalue weighted by Crippen LogP contribution is 2.31. The van der Waals surface area contributed by atoms with Crippen LogP contribution in [0.4, 0.5) is 0 Å². The lowest BCUT2D eigenvalue weighted by Gasteiger charge is -2.34. The molecule has 2 aliphatic rings. The maximum absolute atomic E-state index is 13.0. The Hall–Kier alpha value is -1.40. The largest absolute Gasteiger partial charge is 0.333 e. The first-order valence-electron chi connectivity index (χ1n) is 9.63. The molecule has 1 saturated heterocycles. The third-order valence-electron chi connectivity index (χ3n) is 5.31. The molecular weight excluding hydrogens is 348 g/mol. The van der Waals surface area contributed by atoms with Gasteiger partial charge in [-0.2, -0.15) is 4.31 Å². The fourth-order valence-corrected chi connectivity index (χ4v) is 5.72. The van der Waals surface area contributed by atoms with Gasteiger partial charge in [0.2, 0.25) is 10.0 Å². The van der Waals surface area contributed by atoms with Crippen LogP contribution in [0.1, 0.15) is 57.3 Å². The first kappa shape index (κ1) is 19.4. The second-order valence-corrected chi connectivity index (χ2v) is 10.3. The van der Waals surface area contributed by atoms with Crippen LogP contribution in [0.15, 0.2) is 29.2 Å². The van der Waals surface area contributed by atoms with Gasteiger partial charge in [-0.15, -0.1) is 0 Å². The maximum Gasteiger partial charge on any atom is 0.254 e. The van der Waals surface area contributed by atoms with E-state index in [9.17, 15) is 13.2 Å². The normalized spacial score (nSPS) is 24.7. The summed E-state index contributed by atoms with van der Waals surface area (Å²) in [5.74, 6) is 0.728. The minimum atomic E-state index is -3.50. The molecule has 0 spiro atoms. The molecule has 5 nitrogen and oxygen atoms in total. The van der Waals surface area contributed by atoms with Gasteiger partial charge < -0.3 is 4.90 Å². The molecule has 1 aromatic rings. The average Bonchev–Trinajstić information content (AvgIpc) is 3.38. The predicted octanol–water partition coefficient (Wildman–Crippen LogP) is 3.37. The zero-order chi connectivity index (χ0) is 19.1. The summed E-state index contributed by atoms with van der Waals surface area (Å²) in [7, 11) is -3.50. The van der Waals surface area contributed by atoms with Crippen LogP contribution >= 0.6 is 0 Å². The zero-order valence-corrected chi connectivity index (χ0v) is 17.0. The number of hydrogen-bond acceptors (Lipinski definition) is 3. The second-order valence-electron chi connectivity index (χ2n) is 8.33. The van der Waals surface area contributed by atoms with Gasteiger partial charge in [0.05, 0.1) is 4.90 Å². The average molecular weight is 379 g/mol. The van der Waals surface area contributed by atoms with Crippen LogP contribution in [0.3, 0.4) is 0 Å². The van der Waals surface area contributed by atoms with Crippen molar-refractivity contribution in [3.8, 4) is 0 Å². The summed E-state index contributed by atoms with van der Waals surface area (Å²) in [6.45, 7) is 9.37. The molecule has 1 saturated carbocycles. The minimum absolute atomic E-state index is 0.00772. The molecule has 0 N–H and O–H groups in total. The van der Waals surface area contributed by atoms with E-state index in [1.165, 1.54) is 0 Å². The summed E-state index contributed by atoms with van der Waals surface area (Å²) in [6.07, 6.45) is 3.18. The molecule has 1 aromatic carbocycles. The van der Waals surface area contributed by atoms with Crippen molar-refractivity contribution in [3.63, 3.8) is 0 Å². The number of carbonyl (C=O) groups is 1. The van der Waals surface area contributed by atoms with E-state index in [0.29, 0.717) is 36.5 Å². The van der Waals surface area contributed by atoms with Gasteiger partial charge in [-0.05, 0) is 69.2 Å². The number of amides is 1. The van der Waals surface area contributed by atoms with Gasteiger partial charge in [-0.3, -0.25) is 4.79 Å². The van der Waals surface area contributed by atoms with Gasteiger partial charge in [0, 0.05) is 30.7 Å². The van der Waals surface area contributed by atoms with Crippen LogP contribution in [0, 0.1) is 11.8 Å². The van der Waals surface area contributed by atoms with Gasteiger partial charge in [-0.1, -0.05) is 13.8 Å². The van der Waals surface area contributed by atoms with E-state index in [1.54, 1.807) is 28.6 Å². The molecule has 1 aliphatic heterocycles. The lowest BCUT2D eigenvalue weighted by molar-refractivity contribution is 0.0690. The van der Waals surface area contributed by atoms with Gasteiger partial charge >= 0.3 is 0 Å². The topological polar surface area (TPSA) is 57.7 Å². The molecule has 0 aromatic heterocycles. The summed E-state index contributed by atoms with van der Waals surface area (Å²) in [5.41, 5.74) is 0.560. The fraction of sp³-hybridized carbons (Fsp3) is 0.650. The van der Waals surface area contributed by atoms with Crippen LogP contribution in [-0.4, -0.2) is 48.7 Å². The van der Waals surface area contributed by atoms with Crippen LogP contribution in [0.2, 0.25) is 0 Å². The molecule has 144 valence electrons. The number of rotatable bonds is 5. The molecular formula is C20H30N2O3S. The van der Waals surface area contributed by atoms with Crippen LogP contribution < -0.4 is 0 Å². The van der Waals surface area contributed by atoms with Crippen molar-refractivity contribution in [1.82, 2.24) is 9.21 Å². The predicted molar refractivity (Wildman–Crippen MR) is 102 cm³/mol. The van der Waals surface area contributed by atoms with Crippen molar-refractivity contribution < 1.29 is 13.2 Å². The Morgan fingerprint density at radius 3 is 2.08 bits per heavy atom. The van der Waals surface area contributed by atoms with Gasteiger partial charge in [0.15, 0.2) is 0 Å². The molecule has 1 aliphatic carbocycles. The quantitative estimate of drug-likeness (QED) is 0.789. The standard InChI is InChI=1S/C20H30N2O3S/c1-14(2)22(18-7-8-18)20(23)17-5-9-19(10-6-17)26(24,25)21-12-15(3)11-16(4)13-21/h5-6,9-10,14-16,18H,7-8,11-13H2,1-4H3. The third kappa shape index (κ3) is 3.96. The molecule has 1 amide bonds. The van der Waals surface area contributed by atoms with Crippen LogP contribution in [0.25, 0.3) is 0 Å². The first-order chi connectivity index (χ1) is 12.2. The Bertz CT molecular complexity index is 742. The third-order valence-corrected chi connectivity index (χ3v) is 7.15. The van der Waals surface area contributed by atoms with Crippen molar-refractivity contribution >= 4 is 15.9 Å². The van der Waals surface area contributed by atoms with E-state index in [-0.39, 0.29) is 16.8 Å². The summed E-state index contributed by atoms with van der Waals surface area (Å²) in [5, 5.41) is 0. The highest BCUT2D eigenvalue weighted by Gasteiger charge is 2.35. The van der Waals surface area contributed by atoms with E-state index >= 15 is 0 Å². The molecule has 2 unspecified atom stereocenters. The SMILES string of the molecule is CC1CC(C)CN(S(=O)(=O)c2ccc(C(=O)N(C(C)C)C3CC3)cc2)C1. The Morgan fingerprint density at radius 2 is 1.62 bits per heavy atom.